The zero-order valence-corrected chi connectivity index (χ0v) is 19.6. The Kier molecular flexibility index (Phi) is 5.67. The van der Waals surface area contributed by atoms with Crippen LogP contribution in [0.4, 0.5) is 10.8 Å². The fourth-order valence-corrected chi connectivity index (χ4v) is 5.05. The van der Waals surface area contributed by atoms with E-state index in [1.165, 1.54) is 11.3 Å². The lowest BCUT2D eigenvalue weighted by atomic mass is 10.1. The van der Waals surface area contributed by atoms with E-state index in [0.717, 1.165) is 31.8 Å². The van der Waals surface area contributed by atoms with Gasteiger partial charge in [-0.2, -0.15) is 0 Å². The van der Waals surface area contributed by atoms with Crippen molar-refractivity contribution in [3.05, 3.63) is 83.2 Å². The van der Waals surface area contributed by atoms with Crippen LogP contribution in [0.2, 0.25) is 0 Å². The van der Waals surface area contributed by atoms with Crippen LogP contribution < -0.4 is 9.80 Å². The first-order valence-corrected chi connectivity index (χ1v) is 11.8. The number of imide groups is 1. The third-order valence-electron chi connectivity index (χ3n) is 6.02. The summed E-state index contributed by atoms with van der Waals surface area (Å²) in [5.74, 6) is -0.768. The van der Waals surface area contributed by atoms with Crippen LogP contribution in [0.15, 0.2) is 60.9 Å². The van der Waals surface area contributed by atoms with E-state index in [1.807, 2.05) is 32.0 Å². The van der Waals surface area contributed by atoms with Crippen molar-refractivity contribution in [2.24, 2.45) is 0 Å². The van der Waals surface area contributed by atoms with E-state index in [4.69, 9.17) is 4.98 Å². The molecule has 4 aromatic rings. The van der Waals surface area contributed by atoms with Crippen molar-refractivity contribution in [1.82, 2.24) is 9.97 Å². The predicted octanol–water partition coefficient (Wildman–Crippen LogP) is 4.81. The quantitative estimate of drug-likeness (QED) is 0.391. The molecule has 5 rings (SSSR count). The van der Waals surface area contributed by atoms with Gasteiger partial charge in [0.1, 0.15) is 0 Å². The van der Waals surface area contributed by atoms with Crippen LogP contribution in [0.1, 0.15) is 39.9 Å². The number of rotatable bonds is 5. The van der Waals surface area contributed by atoms with Gasteiger partial charge >= 0.3 is 0 Å². The number of aryl methyl sites for hydroxylation is 2. The second kappa shape index (κ2) is 8.79. The van der Waals surface area contributed by atoms with Crippen molar-refractivity contribution in [3.8, 4) is 0 Å². The number of carbonyl (C=O) groups excluding carboxylic acids is 3. The highest BCUT2D eigenvalue weighted by Gasteiger charge is 2.31. The molecule has 0 saturated carbocycles. The fraction of sp³-hybridized carbons (Fsp3) is 0.192. The van der Waals surface area contributed by atoms with E-state index in [2.05, 4.69) is 11.1 Å². The SMILES string of the molecule is Cc1ccc2sc(N(Cc3cccnc3)C(=O)c3cccc(N4C(=O)CCC4=O)c3)nc2c1C. The molecule has 0 aliphatic carbocycles. The Morgan fingerprint density at radius 2 is 1.85 bits per heavy atom. The van der Waals surface area contributed by atoms with E-state index in [1.54, 1.807) is 41.6 Å². The van der Waals surface area contributed by atoms with Crippen molar-refractivity contribution >= 4 is 50.1 Å². The van der Waals surface area contributed by atoms with Gasteiger partial charge in [0.25, 0.3) is 5.91 Å². The van der Waals surface area contributed by atoms with E-state index in [0.29, 0.717) is 16.4 Å². The molecule has 170 valence electrons. The van der Waals surface area contributed by atoms with E-state index in [9.17, 15) is 14.4 Å². The number of nitrogens with zero attached hydrogens (tertiary/aromatic N) is 4. The Balaban J connectivity index is 1.56. The summed E-state index contributed by atoms with van der Waals surface area (Å²) in [4.78, 5) is 50.0. The minimum Gasteiger partial charge on any atom is -0.279 e. The lowest BCUT2D eigenvalue weighted by molar-refractivity contribution is -0.121. The summed E-state index contributed by atoms with van der Waals surface area (Å²) >= 11 is 1.46. The summed E-state index contributed by atoms with van der Waals surface area (Å²) in [5, 5.41) is 0.580. The standard InChI is InChI=1S/C26H22N4O3S/c1-16-8-9-21-24(17(16)2)28-26(34-21)29(15-18-5-4-12-27-14-18)25(33)19-6-3-7-20(13-19)30-22(31)10-11-23(30)32/h3-9,12-14H,10-11,15H2,1-2H3. The molecule has 2 aromatic heterocycles. The number of pyridine rings is 1. The van der Waals surface area contributed by atoms with Crippen molar-refractivity contribution in [2.45, 2.75) is 33.2 Å². The highest BCUT2D eigenvalue weighted by Crippen LogP contribution is 2.34. The summed E-state index contributed by atoms with van der Waals surface area (Å²) in [7, 11) is 0. The van der Waals surface area contributed by atoms with Gasteiger partial charge in [-0.25, -0.2) is 4.98 Å². The second-order valence-corrected chi connectivity index (χ2v) is 9.29. The number of amides is 3. The Morgan fingerprint density at radius 3 is 2.59 bits per heavy atom. The first-order valence-electron chi connectivity index (χ1n) is 11.0. The van der Waals surface area contributed by atoms with Gasteiger partial charge in [0, 0.05) is 30.8 Å². The second-order valence-electron chi connectivity index (χ2n) is 8.28. The molecule has 0 atom stereocenters. The zero-order valence-electron chi connectivity index (χ0n) is 18.8. The van der Waals surface area contributed by atoms with Crippen LogP contribution >= 0.6 is 11.3 Å². The lowest BCUT2D eigenvalue weighted by Gasteiger charge is -2.21. The third-order valence-corrected chi connectivity index (χ3v) is 7.06. The molecule has 0 radical (unpaired) electrons. The zero-order chi connectivity index (χ0) is 23.8. The molecule has 8 heteroatoms. The van der Waals surface area contributed by atoms with Crippen molar-refractivity contribution in [1.29, 1.82) is 0 Å². The summed E-state index contributed by atoms with van der Waals surface area (Å²) in [6.45, 7) is 4.36. The summed E-state index contributed by atoms with van der Waals surface area (Å²) in [5.41, 5.74) is 4.76. The molecule has 0 N–H and O–H groups in total. The average molecular weight is 471 g/mol. The van der Waals surface area contributed by atoms with Gasteiger partial charge in [0.2, 0.25) is 11.8 Å². The van der Waals surface area contributed by atoms with Crippen LogP contribution in [-0.4, -0.2) is 27.7 Å². The normalized spacial score (nSPS) is 13.6. The highest BCUT2D eigenvalue weighted by atomic mass is 32.1. The summed E-state index contributed by atoms with van der Waals surface area (Å²) in [6.07, 6.45) is 3.79. The molecule has 34 heavy (non-hydrogen) atoms. The molecule has 0 spiro atoms. The maximum Gasteiger partial charge on any atom is 0.260 e. The van der Waals surface area contributed by atoms with Crippen LogP contribution in [0, 0.1) is 13.8 Å². The molecule has 3 heterocycles. The van der Waals surface area contributed by atoms with Crippen LogP contribution in [0.5, 0.6) is 0 Å². The molecule has 7 nitrogen and oxygen atoms in total. The number of thiazole rings is 1. The van der Waals surface area contributed by atoms with Crippen LogP contribution in [0.25, 0.3) is 10.2 Å². The van der Waals surface area contributed by atoms with Gasteiger partial charge in [-0.15, -0.1) is 0 Å². The van der Waals surface area contributed by atoms with Crippen molar-refractivity contribution < 1.29 is 14.4 Å². The fourth-order valence-electron chi connectivity index (χ4n) is 4.03. The number of fused-ring (bicyclic) bond motifs is 1. The van der Waals surface area contributed by atoms with Gasteiger partial charge in [-0.1, -0.05) is 29.5 Å². The van der Waals surface area contributed by atoms with E-state index < -0.39 is 0 Å². The maximum absolute atomic E-state index is 13.8. The molecule has 1 aliphatic rings. The lowest BCUT2D eigenvalue weighted by Crippen LogP contribution is -2.31. The first-order chi connectivity index (χ1) is 16.4. The largest absolute Gasteiger partial charge is 0.279 e. The molecule has 0 unspecified atom stereocenters. The Bertz CT molecular complexity index is 1410. The summed E-state index contributed by atoms with van der Waals surface area (Å²) in [6, 6.07) is 14.5. The topological polar surface area (TPSA) is 83.5 Å². The number of hydrogen-bond acceptors (Lipinski definition) is 6. The number of carbonyl (C=O) groups is 3. The molecule has 1 saturated heterocycles. The number of hydrogen-bond donors (Lipinski definition) is 0. The average Bonchev–Trinajstić information content (AvgIpc) is 3.43. The molecule has 1 aliphatic heterocycles. The molecule has 1 fully saturated rings. The monoisotopic (exact) mass is 470 g/mol. The van der Waals surface area contributed by atoms with Gasteiger partial charge in [-0.05, 0) is 60.9 Å². The maximum atomic E-state index is 13.8. The number of aromatic nitrogens is 2. The minimum absolute atomic E-state index is 0.189. The Labute approximate surface area is 200 Å². The highest BCUT2D eigenvalue weighted by molar-refractivity contribution is 7.22. The van der Waals surface area contributed by atoms with Gasteiger partial charge in [0.15, 0.2) is 5.13 Å². The Morgan fingerprint density at radius 1 is 1.06 bits per heavy atom. The third kappa shape index (κ3) is 3.97. The van der Waals surface area contributed by atoms with Crippen LogP contribution in [0.3, 0.4) is 0 Å². The first kappa shape index (κ1) is 21.9. The molecule has 0 bridgehead atoms. The molecule has 2 aromatic carbocycles. The molecular weight excluding hydrogens is 448 g/mol. The smallest absolute Gasteiger partial charge is 0.260 e. The van der Waals surface area contributed by atoms with Crippen LogP contribution in [-0.2, 0) is 16.1 Å². The van der Waals surface area contributed by atoms with Crippen molar-refractivity contribution in [2.75, 3.05) is 9.80 Å². The molecule has 3 amide bonds. The summed E-state index contributed by atoms with van der Waals surface area (Å²) < 4.78 is 1.00. The van der Waals surface area contributed by atoms with Gasteiger partial charge < -0.3 is 0 Å². The van der Waals surface area contributed by atoms with E-state index >= 15 is 0 Å². The number of benzene rings is 2. The van der Waals surface area contributed by atoms with Crippen molar-refractivity contribution in [3.63, 3.8) is 0 Å². The molecular formula is C26H22N4O3S. The number of anilines is 2. The van der Waals surface area contributed by atoms with E-state index in [-0.39, 0.29) is 37.1 Å². The van der Waals surface area contributed by atoms with Gasteiger partial charge in [0.05, 0.1) is 22.4 Å². The van der Waals surface area contributed by atoms with Gasteiger partial charge in [-0.3, -0.25) is 29.2 Å². The minimum atomic E-state index is -0.266. The predicted molar refractivity (Wildman–Crippen MR) is 132 cm³/mol. The Hall–Kier alpha value is -3.91.